The smallest absolute Gasteiger partial charge is 0.0411 e. The van der Waals surface area contributed by atoms with E-state index in [1.54, 1.807) is 0 Å². The van der Waals surface area contributed by atoms with E-state index in [4.69, 9.17) is 5.73 Å². The van der Waals surface area contributed by atoms with Gasteiger partial charge < -0.3 is 5.73 Å². The summed E-state index contributed by atoms with van der Waals surface area (Å²) in [4.78, 5) is 5.58. The average Bonchev–Trinajstić information content (AvgIpc) is 2.35. The SMILES string of the molecule is Cc1ccc(N)cc1SCCc1ccccn1. The largest absolute Gasteiger partial charge is 0.399 e. The van der Waals surface area contributed by atoms with Crippen molar-refractivity contribution in [1.82, 2.24) is 4.98 Å². The molecule has 1 aromatic heterocycles. The quantitative estimate of drug-likeness (QED) is 0.662. The van der Waals surface area contributed by atoms with Crippen LogP contribution in [0.25, 0.3) is 0 Å². The molecule has 0 radical (unpaired) electrons. The molecule has 0 amide bonds. The molecule has 1 aromatic carbocycles. The number of aryl methyl sites for hydroxylation is 2. The van der Waals surface area contributed by atoms with Gasteiger partial charge in [-0.3, -0.25) is 4.98 Å². The number of hydrogen-bond donors (Lipinski definition) is 1. The Kier molecular flexibility index (Phi) is 4.04. The highest BCUT2D eigenvalue weighted by Gasteiger charge is 2.00. The Hall–Kier alpha value is -1.48. The van der Waals surface area contributed by atoms with Gasteiger partial charge in [0.15, 0.2) is 0 Å². The van der Waals surface area contributed by atoms with Crippen LogP contribution in [0.15, 0.2) is 47.5 Å². The summed E-state index contributed by atoms with van der Waals surface area (Å²) >= 11 is 1.84. The molecule has 0 bridgehead atoms. The Bertz CT molecular complexity index is 483. The highest BCUT2D eigenvalue weighted by atomic mass is 32.2. The lowest BCUT2D eigenvalue weighted by molar-refractivity contribution is 1.05. The Morgan fingerprint density at radius 2 is 2.12 bits per heavy atom. The number of hydrogen-bond acceptors (Lipinski definition) is 3. The third-order valence-corrected chi connectivity index (χ3v) is 3.71. The monoisotopic (exact) mass is 244 g/mol. The summed E-state index contributed by atoms with van der Waals surface area (Å²) in [5, 5.41) is 0. The first-order chi connectivity index (χ1) is 8.25. The summed E-state index contributed by atoms with van der Waals surface area (Å²) in [6.07, 6.45) is 2.82. The summed E-state index contributed by atoms with van der Waals surface area (Å²) < 4.78 is 0. The van der Waals surface area contributed by atoms with E-state index in [0.717, 1.165) is 23.6 Å². The fourth-order valence-corrected chi connectivity index (χ4v) is 2.63. The second kappa shape index (κ2) is 5.73. The number of aromatic nitrogens is 1. The van der Waals surface area contributed by atoms with Gasteiger partial charge in [0.05, 0.1) is 0 Å². The Morgan fingerprint density at radius 3 is 2.88 bits per heavy atom. The third-order valence-electron chi connectivity index (χ3n) is 2.55. The molecule has 17 heavy (non-hydrogen) atoms. The average molecular weight is 244 g/mol. The van der Waals surface area contributed by atoms with Crippen LogP contribution in [0.3, 0.4) is 0 Å². The zero-order chi connectivity index (χ0) is 12.1. The Balaban J connectivity index is 1.92. The van der Waals surface area contributed by atoms with Gasteiger partial charge in [-0.2, -0.15) is 0 Å². The number of thioether (sulfide) groups is 1. The van der Waals surface area contributed by atoms with E-state index in [-0.39, 0.29) is 0 Å². The van der Waals surface area contributed by atoms with Crippen molar-refractivity contribution in [3.63, 3.8) is 0 Å². The molecule has 0 unspecified atom stereocenters. The molecule has 2 N–H and O–H groups in total. The molecule has 88 valence electrons. The van der Waals surface area contributed by atoms with E-state index >= 15 is 0 Å². The van der Waals surface area contributed by atoms with Crippen molar-refractivity contribution in [3.8, 4) is 0 Å². The summed E-state index contributed by atoms with van der Waals surface area (Å²) in [6.45, 7) is 2.11. The standard InChI is InChI=1S/C14H16N2S/c1-11-5-6-12(15)10-14(11)17-9-7-13-4-2-3-8-16-13/h2-6,8,10H,7,9,15H2,1H3. The molecule has 0 spiro atoms. The van der Waals surface area contributed by atoms with Gasteiger partial charge in [0.2, 0.25) is 0 Å². The van der Waals surface area contributed by atoms with E-state index in [0.29, 0.717) is 0 Å². The number of pyridine rings is 1. The molecule has 0 aliphatic rings. The lowest BCUT2D eigenvalue weighted by Crippen LogP contribution is -1.93. The van der Waals surface area contributed by atoms with E-state index < -0.39 is 0 Å². The van der Waals surface area contributed by atoms with Crippen LogP contribution >= 0.6 is 11.8 Å². The summed E-state index contributed by atoms with van der Waals surface area (Å²) in [5.74, 6) is 1.03. The topological polar surface area (TPSA) is 38.9 Å². The molecule has 2 rings (SSSR count). The zero-order valence-electron chi connectivity index (χ0n) is 9.89. The highest BCUT2D eigenvalue weighted by molar-refractivity contribution is 7.99. The molecule has 3 heteroatoms. The first kappa shape index (κ1) is 12.0. The van der Waals surface area contributed by atoms with Gasteiger partial charge in [0, 0.05) is 28.2 Å². The minimum Gasteiger partial charge on any atom is -0.399 e. The Labute approximate surface area is 106 Å². The number of nitrogens with zero attached hydrogens (tertiary/aromatic N) is 1. The molecule has 0 saturated heterocycles. The van der Waals surface area contributed by atoms with Crippen LogP contribution in [-0.4, -0.2) is 10.7 Å². The molecule has 2 aromatic rings. The fourth-order valence-electron chi connectivity index (χ4n) is 1.58. The van der Waals surface area contributed by atoms with Crippen LogP contribution < -0.4 is 5.73 Å². The lowest BCUT2D eigenvalue weighted by Gasteiger charge is -2.06. The predicted octanol–water partition coefficient (Wildman–Crippen LogP) is 3.31. The third kappa shape index (κ3) is 3.49. The van der Waals surface area contributed by atoms with Gasteiger partial charge in [-0.25, -0.2) is 0 Å². The van der Waals surface area contributed by atoms with Gasteiger partial charge in [-0.15, -0.1) is 11.8 Å². The van der Waals surface area contributed by atoms with Crippen LogP contribution in [0.4, 0.5) is 5.69 Å². The molecule has 2 nitrogen and oxygen atoms in total. The van der Waals surface area contributed by atoms with Crippen molar-refractivity contribution in [1.29, 1.82) is 0 Å². The highest BCUT2D eigenvalue weighted by Crippen LogP contribution is 2.25. The minimum absolute atomic E-state index is 0.830. The second-order valence-electron chi connectivity index (χ2n) is 3.94. The molecular formula is C14H16N2S. The van der Waals surface area contributed by atoms with Crippen molar-refractivity contribution in [2.45, 2.75) is 18.2 Å². The maximum Gasteiger partial charge on any atom is 0.0411 e. The van der Waals surface area contributed by atoms with Crippen LogP contribution in [0, 0.1) is 6.92 Å². The first-order valence-electron chi connectivity index (χ1n) is 5.64. The van der Waals surface area contributed by atoms with Gasteiger partial charge >= 0.3 is 0 Å². The Morgan fingerprint density at radius 1 is 1.24 bits per heavy atom. The van der Waals surface area contributed by atoms with Crippen molar-refractivity contribution >= 4 is 17.4 Å². The number of nitrogens with two attached hydrogens (primary N) is 1. The molecule has 0 aliphatic heterocycles. The van der Waals surface area contributed by atoms with E-state index in [9.17, 15) is 0 Å². The van der Waals surface area contributed by atoms with Gasteiger partial charge in [0.1, 0.15) is 0 Å². The summed E-state index contributed by atoms with van der Waals surface area (Å²) in [5.41, 5.74) is 9.04. The molecule has 1 heterocycles. The number of nitrogen functional groups attached to an aromatic ring is 1. The summed E-state index contributed by atoms with van der Waals surface area (Å²) in [6, 6.07) is 12.1. The maximum atomic E-state index is 5.78. The number of anilines is 1. The maximum absolute atomic E-state index is 5.78. The normalized spacial score (nSPS) is 10.4. The predicted molar refractivity (Wildman–Crippen MR) is 74.3 cm³/mol. The van der Waals surface area contributed by atoms with Crippen LogP contribution in [0.5, 0.6) is 0 Å². The molecule has 0 fully saturated rings. The van der Waals surface area contributed by atoms with Crippen LogP contribution in [0.1, 0.15) is 11.3 Å². The first-order valence-corrected chi connectivity index (χ1v) is 6.63. The van der Waals surface area contributed by atoms with E-state index in [1.807, 2.05) is 42.2 Å². The van der Waals surface area contributed by atoms with Crippen molar-refractivity contribution in [2.75, 3.05) is 11.5 Å². The minimum atomic E-state index is 0.830. The molecule has 0 aliphatic carbocycles. The summed E-state index contributed by atoms with van der Waals surface area (Å²) in [7, 11) is 0. The van der Waals surface area contributed by atoms with Gasteiger partial charge in [-0.1, -0.05) is 12.1 Å². The number of rotatable bonds is 4. The second-order valence-corrected chi connectivity index (χ2v) is 5.08. The van der Waals surface area contributed by atoms with Gasteiger partial charge in [0.25, 0.3) is 0 Å². The fraction of sp³-hybridized carbons (Fsp3) is 0.214. The van der Waals surface area contributed by atoms with E-state index in [2.05, 4.69) is 24.0 Å². The van der Waals surface area contributed by atoms with Crippen LogP contribution in [0.2, 0.25) is 0 Å². The van der Waals surface area contributed by atoms with Gasteiger partial charge in [-0.05, 0) is 43.2 Å². The van der Waals surface area contributed by atoms with Crippen molar-refractivity contribution in [2.24, 2.45) is 0 Å². The molecule has 0 saturated carbocycles. The molecule has 0 atom stereocenters. The van der Waals surface area contributed by atoms with Crippen molar-refractivity contribution in [3.05, 3.63) is 53.9 Å². The lowest BCUT2D eigenvalue weighted by atomic mass is 10.2. The van der Waals surface area contributed by atoms with E-state index in [1.165, 1.54) is 10.5 Å². The zero-order valence-corrected chi connectivity index (χ0v) is 10.7. The number of benzene rings is 1. The van der Waals surface area contributed by atoms with Crippen molar-refractivity contribution < 1.29 is 0 Å². The molecular weight excluding hydrogens is 228 g/mol. The van der Waals surface area contributed by atoms with Crippen LogP contribution in [-0.2, 0) is 6.42 Å².